The van der Waals surface area contributed by atoms with Gasteiger partial charge in [0, 0.05) is 37.1 Å². The number of nitrogens with zero attached hydrogens (tertiary/aromatic N) is 1. The molecule has 5 atom stereocenters. The van der Waals surface area contributed by atoms with Gasteiger partial charge in [-0.1, -0.05) is 0 Å². The van der Waals surface area contributed by atoms with Crippen LogP contribution in [0.25, 0.3) is 0 Å². The molecule has 0 radical (unpaired) electrons. The first-order valence-electron chi connectivity index (χ1n) is 7.91. The number of hydrogen-bond acceptors (Lipinski definition) is 6. The van der Waals surface area contributed by atoms with Crippen LogP contribution in [0.4, 0.5) is 0 Å². The zero-order chi connectivity index (χ0) is 14.4. The van der Waals surface area contributed by atoms with Gasteiger partial charge in [-0.2, -0.15) is 11.8 Å². The predicted molar refractivity (Wildman–Crippen MR) is 77.8 cm³/mol. The highest BCUT2D eigenvalue weighted by atomic mass is 32.2. The number of esters is 2. The maximum atomic E-state index is 12.4. The van der Waals surface area contributed by atoms with Crippen LogP contribution in [0.3, 0.4) is 0 Å². The van der Waals surface area contributed by atoms with Gasteiger partial charge in [0.05, 0.1) is 11.8 Å². The zero-order valence-corrected chi connectivity index (χ0v) is 12.8. The molecule has 2 aliphatic carbocycles. The van der Waals surface area contributed by atoms with Crippen LogP contribution in [0.2, 0.25) is 0 Å². The minimum Gasteiger partial charge on any atom is -0.464 e. The van der Waals surface area contributed by atoms with Crippen molar-refractivity contribution in [1.29, 1.82) is 0 Å². The summed E-state index contributed by atoms with van der Waals surface area (Å²) in [7, 11) is 0. The van der Waals surface area contributed by atoms with Gasteiger partial charge in [-0.15, -0.1) is 0 Å². The van der Waals surface area contributed by atoms with Crippen LogP contribution >= 0.6 is 11.8 Å². The van der Waals surface area contributed by atoms with Crippen LogP contribution < -0.4 is 0 Å². The van der Waals surface area contributed by atoms with Crippen LogP contribution in [0.5, 0.6) is 0 Å². The Balaban J connectivity index is 1.30. The van der Waals surface area contributed by atoms with Gasteiger partial charge in [0.15, 0.2) is 0 Å². The molecule has 0 aromatic heterocycles. The molecule has 0 aromatic rings. The van der Waals surface area contributed by atoms with Gasteiger partial charge >= 0.3 is 11.9 Å². The summed E-state index contributed by atoms with van der Waals surface area (Å²) in [5.41, 5.74) is 0. The average molecular weight is 311 g/mol. The quantitative estimate of drug-likeness (QED) is 0.715. The highest BCUT2D eigenvalue weighted by Gasteiger charge is 2.64. The van der Waals surface area contributed by atoms with Crippen LogP contribution in [0, 0.1) is 23.7 Å². The van der Waals surface area contributed by atoms with Crippen LogP contribution in [0.15, 0.2) is 0 Å². The molecule has 2 bridgehead atoms. The Kier molecular flexibility index (Phi) is 3.61. The van der Waals surface area contributed by atoms with Gasteiger partial charge in [0.25, 0.3) is 0 Å². The van der Waals surface area contributed by atoms with Crippen LogP contribution in [-0.4, -0.2) is 60.7 Å². The summed E-state index contributed by atoms with van der Waals surface area (Å²) in [6.45, 7) is 3.41. The van der Waals surface area contributed by atoms with E-state index in [4.69, 9.17) is 9.47 Å². The van der Waals surface area contributed by atoms with Gasteiger partial charge in [0.1, 0.15) is 12.7 Å². The molecule has 6 heteroatoms. The fourth-order valence-corrected chi connectivity index (χ4v) is 5.50. The number of carbonyl (C=O) groups is 2. The molecule has 5 nitrogen and oxygen atoms in total. The van der Waals surface area contributed by atoms with Crippen molar-refractivity contribution in [2.45, 2.75) is 18.9 Å². The van der Waals surface area contributed by atoms with E-state index in [1.165, 1.54) is 0 Å². The van der Waals surface area contributed by atoms with Gasteiger partial charge in [0.2, 0.25) is 0 Å². The first-order chi connectivity index (χ1) is 10.2. The van der Waals surface area contributed by atoms with E-state index in [9.17, 15) is 9.59 Å². The molecular weight excluding hydrogens is 290 g/mol. The number of carbonyl (C=O) groups excluding carboxylic acids is 2. The van der Waals surface area contributed by atoms with Crippen molar-refractivity contribution in [3.8, 4) is 0 Å². The zero-order valence-electron chi connectivity index (χ0n) is 12.0. The molecule has 116 valence electrons. The second-order valence-electron chi connectivity index (χ2n) is 6.54. The summed E-state index contributed by atoms with van der Waals surface area (Å²) in [5.74, 6) is 2.11. The van der Waals surface area contributed by atoms with E-state index in [2.05, 4.69) is 4.90 Å². The fraction of sp³-hybridized carbons (Fsp3) is 0.867. The van der Waals surface area contributed by atoms with Gasteiger partial charge < -0.3 is 9.47 Å². The minimum absolute atomic E-state index is 0.0856. The topological polar surface area (TPSA) is 55.8 Å². The molecular formula is C15H21NO4S. The van der Waals surface area contributed by atoms with Crippen molar-refractivity contribution >= 4 is 23.7 Å². The highest BCUT2D eigenvalue weighted by Crippen LogP contribution is 2.57. The Morgan fingerprint density at radius 3 is 2.95 bits per heavy atom. The lowest BCUT2D eigenvalue weighted by Crippen LogP contribution is -2.37. The molecule has 0 aromatic carbocycles. The summed E-state index contributed by atoms with van der Waals surface area (Å²) in [5, 5.41) is 0. The minimum atomic E-state index is -0.238. The molecule has 5 unspecified atom stereocenters. The molecule has 2 heterocycles. The van der Waals surface area contributed by atoms with E-state index in [0.29, 0.717) is 12.5 Å². The van der Waals surface area contributed by atoms with Crippen LogP contribution in [0.1, 0.15) is 12.8 Å². The average Bonchev–Trinajstić information content (AvgIpc) is 3.09. The third-order valence-electron chi connectivity index (χ3n) is 5.51. The Morgan fingerprint density at radius 1 is 1.33 bits per heavy atom. The van der Waals surface area contributed by atoms with Crippen LogP contribution in [-0.2, 0) is 19.1 Å². The van der Waals surface area contributed by atoms with Crippen molar-refractivity contribution < 1.29 is 19.1 Å². The largest absolute Gasteiger partial charge is 0.464 e. The number of hydrogen-bond donors (Lipinski definition) is 0. The Labute approximate surface area is 128 Å². The normalized spacial score (nSPS) is 41.3. The van der Waals surface area contributed by atoms with Gasteiger partial charge in [-0.25, -0.2) is 0 Å². The molecule has 2 saturated heterocycles. The lowest BCUT2D eigenvalue weighted by atomic mass is 9.80. The Hall–Kier alpha value is -0.750. The van der Waals surface area contributed by atoms with Crippen molar-refractivity contribution in [2.75, 3.05) is 37.7 Å². The molecule has 0 amide bonds. The molecule has 2 saturated carbocycles. The lowest BCUT2D eigenvalue weighted by Gasteiger charge is -2.27. The Bertz CT molecular complexity index is 449. The first-order valence-corrected chi connectivity index (χ1v) is 9.07. The number of ether oxygens (including phenoxy) is 2. The maximum absolute atomic E-state index is 12.4. The molecule has 4 aliphatic rings. The molecule has 0 N–H and O–H groups in total. The van der Waals surface area contributed by atoms with E-state index in [0.717, 1.165) is 44.0 Å². The standard InChI is InChI=1S/C15H21NO4S/c17-14(19-4-1-16-2-5-21-6-3-16)12-9-7-10-11(8-9)20-15(18)13(10)12/h9-13H,1-8H2. The van der Waals surface area contributed by atoms with Gasteiger partial charge in [-0.3, -0.25) is 14.5 Å². The number of rotatable bonds is 4. The van der Waals surface area contributed by atoms with Crippen molar-refractivity contribution in [1.82, 2.24) is 4.90 Å². The summed E-state index contributed by atoms with van der Waals surface area (Å²) in [4.78, 5) is 26.6. The smallest absolute Gasteiger partial charge is 0.310 e. The van der Waals surface area contributed by atoms with E-state index < -0.39 is 0 Å². The third kappa shape index (κ3) is 2.36. The predicted octanol–water partition coefficient (Wildman–Crippen LogP) is 0.776. The Morgan fingerprint density at radius 2 is 2.14 bits per heavy atom. The summed E-state index contributed by atoms with van der Waals surface area (Å²) >= 11 is 1.97. The summed E-state index contributed by atoms with van der Waals surface area (Å²) in [6.07, 6.45) is 1.91. The maximum Gasteiger partial charge on any atom is 0.310 e. The van der Waals surface area contributed by atoms with E-state index in [-0.39, 0.29) is 35.8 Å². The van der Waals surface area contributed by atoms with Crippen molar-refractivity contribution in [3.05, 3.63) is 0 Å². The molecule has 0 spiro atoms. The first kappa shape index (κ1) is 13.9. The van der Waals surface area contributed by atoms with Crippen molar-refractivity contribution in [3.63, 3.8) is 0 Å². The van der Waals surface area contributed by atoms with E-state index >= 15 is 0 Å². The summed E-state index contributed by atoms with van der Waals surface area (Å²) in [6, 6.07) is 0. The molecule has 4 rings (SSSR count). The number of fused-ring (bicyclic) bond motifs is 1. The lowest BCUT2D eigenvalue weighted by molar-refractivity contribution is -0.156. The van der Waals surface area contributed by atoms with Gasteiger partial charge in [-0.05, 0) is 18.8 Å². The molecule has 21 heavy (non-hydrogen) atoms. The van der Waals surface area contributed by atoms with Crippen molar-refractivity contribution in [2.24, 2.45) is 23.7 Å². The summed E-state index contributed by atoms with van der Waals surface area (Å²) < 4.78 is 10.8. The van der Waals surface area contributed by atoms with E-state index in [1.807, 2.05) is 11.8 Å². The third-order valence-corrected chi connectivity index (χ3v) is 6.45. The van der Waals surface area contributed by atoms with E-state index in [1.54, 1.807) is 0 Å². The molecule has 4 fully saturated rings. The SMILES string of the molecule is O=C(OCCN1CCSCC1)C1C2CC3OC(=O)C1C3C2. The second-order valence-corrected chi connectivity index (χ2v) is 7.77. The highest BCUT2D eigenvalue weighted by molar-refractivity contribution is 7.99. The monoisotopic (exact) mass is 311 g/mol. The fourth-order valence-electron chi connectivity index (χ4n) is 4.52. The molecule has 2 aliphatic heterocycles. The number of thioether (sulfide) groups is 1. The second kappa shape index (κ2) is 5.47.